The van der Waals surface area contributed by atoms with Gasteiger partial charge in [0.25, 0.3) is 5.91 Å². The molecule has 0 bridgehead atoms. The minimum absolute atomic E-state index is 0.169. The fourth-order valence-corrected chi connectivity index (χ4v) is 3.41. The molecule has 1 N–H and O–H groups in total. The zero-order valence-corrected chi connectivity index (χ0v) is 12.9. The van der Waals surface area contributed by atoms with Crippen LogP contribution in [0.25, 0.3) is 0 Å². The SMILES string of the molecule is CCc1cc(C(=O)NN=Cc2ccc(Br)s2)cs1. The smallest absolute Gasteiger partial charge is 0.267 e. The lowest BCUT2D eigenvalue weighted by Crippen LogP contribution is -2.16. The van der Waals surface area contributed by atoms with Crippen LogP contribution in [0.3, 0.4) is 0 Å². The van der Waals surface area contributed by atoms with Crippen molar-refractivity contribution in [3.05, 3.63) is 42.7 Å². The molecule has 0 aliphatic heterocycles. The molecule has 0 atom stereocenters. The van der Waals surface area contributed by atoms with Gasteiger partial charge in [-0.1, -0.05) is 6.92 Å². The Balaban J connectivity index is 1.93. The Morgan fingerprint density at radius 2 is 2.39 bits per heavy atom. The Labute approximate surface area is 122 Å². The number of halogens is 1. The van der Waals surface area contributed by atoms with E-state index in [4.69, 9.17) is 0 Å². The predicted molar refractivity (Wildman–Crippen MR) is 80.8 cm³/mol. The van der Waals surface area contributed by atoms with Gasteiger partial charge in [-0.15, -0.1) is 22.7 Å². The molecule has 0 unspecified atom stereocenters. The van der Waals surface area contributed by atoms with E-state index in [1.165, 1.54) is 4.88 Å². The van der Waals surface area contributed by atoms with Crippen molar-refractivity contribution in [3.63, 3.8) is 0 Å². The Hall–Kier alpha value is -0.980. The van der Waals surface area contributed by atoms with Crippen LogP contribution in [0, 0.1) is 0 Å². The molecule has 0 aliphatic carbocycles. The molecule has 94 valence electrons. The fourth-order valence-electron chi connectivity index (χ4n) is 1.30. The van der Waals surface area contributed by atoms with Crippen LogP contribution in [-0.4, -0.2) is 12.1 Å². The number of nitrogens with zero attached hydrogens (tertiary/aromatic N) is 1. The summed E-state index contributed by atoms with van der Waals surface area (Å²) < 4.78 is 1.04. The van der Waals surface area contributed by atoms with Gasteiger partial charge in [0.2, 0.25) is 0 Å². The second kappa shape index (κ2) is 6.26. The molecule has 3 nitrogen and oxygen atoms in total. The van der Waals surface area contributed by atoms with Crippen molar-refractivity contribution in [2.24, 2.45) is 5.10 Å². The third-order valence-electron chi connectivity index (χ3n) is 2.22. The number of thiophene rings is 2. The van der Waals surface area contributed by atoms with Gasteiger partial charge in [-0.25, -0.2) is 5.43 Å². The van der Waals surface area contributed by atoms with Crippen LogP contribution in [-0.2, 0) is 6.42 Å². The lowest BCUT2D eigenvalue weighted by atomic mass is 10.3. The number of rotatable bonds is 4. The first-order chi connectivity index (χ1) is 8.69. The molecule has 0 fully saturated rings. The molecule has 0 aliphatic rings. The van der Waals surface area contributed by atoms with Crippen LogP contribution < -0.4 is 5.43 Å². The van der Waals surface area contributed by atoms with Crippen molar-refractivity contribution in [1.82, 2.24) is 5.43 Å². The van der Waals surface area contributed by atoms with Crippen molar-refractivity contribution in [2.45, 2.75) is 13.3 Å². The quantitative estimate of drug-likeness (QED) is 0.664. The third kappa shape index (κ3) is 3.51. The molecule has 2 rings (SSSR count). The lowest BCUT2D eigenvalue weighted by molar-refractivity contribution is 0.0955. The summed E-state index contributed by atoms with van der Waals surface area (Å²) in [4.78, 5) is 13.9. The molecule has 0 aromatic carbocycles. The number of nitrogens with one attached hydrogen (secondary N) is 1. The average Bonchev–Trinajstić information content (AvgIpc) is 2.98. The maximum absolute atomic E-state index is 11.7. The van der Waals surface area contributed by atoms with Gasteiger partial charge >= 0.3 is 0 Å². The molecule has 1 amide bonds. The van der Waals surface area contributed by atoms with Gasteiger partial charge in [0.1, 0.15) is 0 Å². The van der Waals surface area contributed by atoms with Crippen molar-refractivity contribution in [3.8, 4) is 0 Å². The number of carbonyl (C=O) groups excluding carboxylic acids is 1. The molecular weight excluding hydrogens is 332 g/mol. The van der Waals surface area contributed by atoms with Gasteiger partial charge in [0.05, 0.1) is 15.6 Å². The topological polar surface area (TPSA) is 41.5 Å². The van der Waals surface area contributed by atoms with Gasteiger partial charge in [-0.2, -0.15) is 5.10 Å². The maximum Gasteiger partial charge on any atom is 0.272 e. The molecule has 0 saturated heterocycles. The first kappa shape index (κ1) is 13.5. The van der Waals surface area contributed by atoms with Crippen LogP contribution in [0.15, 0.2) is 32.5 Å². The molecule has 2 aromatic heterocycles. The second-order valence-electron chi connectivity index (χ2n) is 3.50. The van der Waals surface area contributed by atoms with E-state index in [1.54, 1.807) is 28.9 Å². The number of hydrogen-bond donors (Lipinski definition) is 1. The summed E-state index contributed by atoms with van der Waals surface area (Å²) in [7, 11) is 0. The van der Waals surface area contributed by atoms with Crippen LogP contribution in [0.5, 0.6) is 0 Å². The monoisotopic (exact) mass is 342 g/mol. The fraction of sp³-hybridized carbons (Fsp3) is 0.167. The number of amides is 1. The second-order valence-corrected chi connectivity index (χ2v) is 6.99. The minimum Gasteiger partial charge on any atom is -0.267 e. The number of hydrazone groups is 1. The van der Waals surface area contributed by atoms with E-state index in [2.05, 4.69) is 33.4 Å². The Bertz CT molecular complexity index is 574. The highest BCUT2D eigenvalue weighted by atomic mass is 79.9. The number of aryl methyl sites for hydroxylation is 1. The van der Waals surface area contributed by atoms with E-state index in [0.717, 1.165) is 15.1 Å². The van der Waals surface area contributed by atoms with E-state index < -0.39 is 0 Å². The van der Waals surface area contributed by atoms with Crippen LogP contribution in [0.1, 0.15) is 27.0 Å². The molecule has 0 saturated carbocycles. The lowest BCUT2D eigenvalue weighted by Gasteiger charge is -1.94. The van der Waals surface area contributed by atoms with Gasteiger partial charge in [-0.05, 0) is 40.5 Å². The van der Waals surface area contributed by atoms with Gasteiger partial charge in [0.15, 0.2) is 0 Å². The molecule has 2 heterocycles. The van der Waals surface area contributed by atoms with E-state index in [-0.39, 0.29) is 5.91 Å². The normalized spacial score (nSPS) is 11.0. The highest BCUT2D eigenvalue weighted by molar-refractivity contribution is 9.11. The molecular formula is C12H11BrN2OS2. The Kier molecular flexibility index (Phi) is 4.68. The summed E-state index contributed by atoms with van der Waals surface area (Å²) in [6, 6.07) is 5.78. The van der Waals surface area contributed by atoms with Crippen molar-refractivity contribution in [1.29, 1.82) is 0 Å². The summed E-state index contributed by atoms with van der Waals surface area (Å²) in [5.74, 6) is -0.169. The zero-order chi connectivity index (χ0) is 13.0. The van der Waals surface area contributed by atoms with E-state index in [0.29, 0.717) is 5.56 Å². The largest absolute Gasteiger partial charge is 0.272 e. The van der Waals surface area contributed by atoms with Gasteiger partial charge < -0.3 is 0 Å². The summed E-state index contributed by atoms with van der Waals surface area (Å²) in [5.41, 5.74) is 3.19. The van der Waals surface area contributed by atoms with Crippen LogP contribution in [0.4, 0.5) is 0 Å². The van der Waals surface area contributed by atoms with Crippen LogP contribution >= 0.6 is 38.6 Å². The van der Waals surface area contributed by atoms with Gasteiger partial charge in [-0.3, -0.25) is 4.79 Å². The summed E-state index contributed by atoms with van der Waals surface area (Å²) in [6.45, 7) is 2.07. The third-order valence-corrected chi connectivity index (χ3v) is 4.86. The van der Waals surface area contributed by atoms with E-state index in [9.17, 15) is 4.79 Å². The first-order valence-corrected chi connectivity index (χ1v) is 7.84. The standard InChI is InChI=1S/C12H11BrN2OS2/c1-2-9-5-8(7-17-9)12(16)15-14-6-10-3-4-11(13)18-10/h3-7H,2H2,1H3,(H,15,16). The minimum atomic E-state index is -0.169. The van der Waals surface area contributed by atoms with E-state index >= 15 is 0 Å². The van der Waals surface area contributed by atoms with Crippen LogP contribution in [0.2, 0.25) is 0 Å². The Morgan fingerprint density at radius 3 is 3.00 bits per heavy atom. The molecule has 0 radical (unpaired) electrons. The average molecular weight is 343 g/mol. The van der Waals surface area contributed by atoms with E-state index in [1.807, 2.05) is 23.6 Å². The summed E-state index contributed by atoms with van der Waals surface area (Å²) in [5, 5.41) is 5.79. The van der Waals surface area contributed by atoms with Gasteiger partial charge in [0, 0.05) is 15.1 Å². The zero-order valence-electron chi connectivity index (χ0n) is 9.64. The summed E-state index contributed by atoms with van der Waals surface area (Å²) in [6.07, 6.45) is 2.59. The predicted octanol–water partition coefficient (Wildman–Crippen LogP) is 3.90. The van der Waals surface area contributed by atoms with Crippen molar-refractivity contribution < 1.29 is 4.79 Å². The first-order valence-electron chi connectivity index (χ1n) is 5.35. The number of carbonyl (C=O) groups is 1. The highest BCUT2D eigenvalue weighted by Crippen LogP contribution is 2.20. The summed E-state index contributed by atoms with van der Waals surface area (Å²) >= 11 is 6.53. The maximum atomic E-state index is 11.7. The van der Waals surface area contributed by atoms with Crippen molar-refractivity contribution >= 4 is 50.7 Å². The molecule has 18 heavy (non-hydrogen) atoms. The molecule has 6 heteroatoms. The molecule has 2 aromatic rings. The molecule has 0 spiro atoms. The Morgan fingerprint density at radius 1 is 1.56 bits per heavy atom. The van der Waals surface area contributed by atoms with Crippen molar-refractivity contribution in [2.75, 3.05) is 0 Å². The number of hydrogen-bond acceptors (Lipinski definition) is 4. The highest BCUT2D eigenvalue weighted by Gasteiger charge is 2.06.